The number of rotatable bonds is 3. The fraction of sp³-hybridized carbons (Fsp3) is 0.500. The van der Waals surface area contributed by atoms with E-state index in [-0.39, 0.29) is 6.10 Å². The van der Waals surface area contributed by atoms with E-state index in [1.165, 1.54) is 7.11 Å². The zero-order chi connectivity index (χ0) is 15.6. The lowest BCUT2D eigenvalue weighted by Gasteiger charge is -2.33. The van der Waals surface area contributed by atoms with Gasteiger partial charge in [0, 0.05) is 0 Å². The van der Waals surface area contributed by atoms with Gasteiger partial charge in [0.05, 0.1) is 18.8 Å². The van der Waals surface area contributed by atoms with E-state index in [0.29, 0.717) is 22.9 Å². The minimum Gasteiger partial charge on any atom is -0.476 e. The number of nitrogens with zero attached hydrogens (tertiary/aromatic N) is 1. The number of hydrogen-bond donors (Lipinski definition) is 0. The third kappa shape index (κ3) is 3.17. The van der Waals surface area contributed by atoms with E-state index in [4.69, 9.17) is 14.2 Å². The zero-order valence-electron chi connectivity index (χ0n) is 13.1. The Morgan fingerprint density at radius 2 is 2.14 bits per heavy atom. The summed E-state index contributed by atoms with van der Waals surface area (Å²) in [6, 6.07) is 5.04. The van der Waals surface area contributed by atoms with E-state index < -0.39 is 11.6 Å². The Hall–Kier alpha value is -2.04. The molecule has 1 aliphatic heterocycles. The molecule has 1 aliphatic rings. The second-order valence-electron chi connectivity index (χ2n) is 5.54. The predicted octanol–water partition coefficient (Wildman–Crippen LogP) is 3.49. The molecule has 0 aromatic heterocycles. The summed E-state index contributed by atoms with van der Waals surface area (Å²) in [4.78, 5) is 16.1. The third-order valence-corrected chi connectivity index (χ3v) is 3.37. The van der Waals surface area contributed by atoms with Crippen molar-refractivity contribution in [2.45, 2.75) is 45.8 Å². The molecule has 114 valence electrons. The van der Waals surface area contributed by atoms with Crippen LogP contribution in [0.25, 0.3) is 0 Å². The molecule has 5 nitrogen and oxygen atoms in total. The molecular formula is C16H21NO4. The van der Waals surface area contributed by atoms with Gasteiger partial charge in [0.1, 0.15) is 11.4 Å². The van der Waals surface area contributed by atoms with Gasteiger partial charge in [-0.05, 0) is 45.4 Å². The topological polar surface area (TPSA) is 57.1 Å². The molecule has 0 fully saturated rings. The summed E-state index contributed by atoms with van der Waals surface area (Å²) in [6.45, 7) is 7.85. The second kappa shape index (κ2) is 5.76. The molecule has 0 saturated carbocycles. The Bertz CT molecular complexity index is 578. The van der Waals surface area contributed by atoms with Crippen molar-refractivity contribution in [1.82, 2.24) is 0 Å². The van der Waals surface area contributed by atoms with Gasteiger partial charge in [-0.1, -0.05) is 6.92 Å². The molecule has 1 aromatic rings. The molecule has 21 heavy (non-hydrogen) atoms. The lowest BCUT2D eigenvalue weighted by Crippen LogP contribution is -2.42. The van der Waals surface area contributed by atoms with Gasteiger partial charge in [0.15, 0.2) is 5.60 Å². The Morgan fingerprint density at radius 3 is 2.76 bits per heavy atom. The van der Waals surface area contributed by atoms with E-state index in [1.54, 1.807) is 18.2 Å². The number of ether oxygens (including phenoxy) is 3. The highest BCUT2D eigenvalue weighted by molar-refractivity contribution is 5.94. The summed E-state index contributed by atoms with van der Waals surface area (Å²) in [5.41, 5.74) is 0.380. The molecule has 1 aromatic carbocycles. The van der Waals surface area contributed by atoms with E-state index in [0.717, 1.165) is 6.42 Å². The molecule has 0 N–H and O–H groups in total. The molecule has 1 heterocycles. The van der Waals surface area contributed by atoms with E-state index in [2.05, 4.69) is 4.99 Å². The summed E-state index contributed by atoms with van der Waals surface area (Å²) in [7, 11) is 1.35. The highest BCUT2D eigenvalue weighted by Gasteiger charge is 2.35. The van der Waals surface area contributed by atoms with Crippen molar-refractivity contribution in [3.63, 3.8) is 0 Å². The molecule has 0 saturated heterocycles. The molecule has 0 radical (unpaired) electrons. The number of aliphatic imine (C=N–C) groups is 1. The number of hydrogen-bond acceptors (Lipinski definition) is 5. The Labute approximate surface area is 124 Å². The van der Waals surface area contributed by atoms with E-state index in [1.807, 2.05) is 27.7 Å². The molecule has 1 unspecified atom stereocenters. The maximum atomic E-state index is 11.6. The third-order valence-electron chi connectivity index (χ3n) is 3.37. The Morgan fingerprint density at radius 1 is 1.43 bits per heavy atom. The van der Waals surface area contributed by atoms with Crippen LogP contribution in [0.1, 0.15) is 44.5 Å². The molecule has 5 heteroatoms. The SMILES string of the molecule is CCC(C)OC1=Nc2cc(C(=O)OC)ccc2OC1(C)C. The largest absolute Gasteiger partial charge is 0.476 e. The number of carbonyl (C=O) groups excluding carboxylic acids is 1. The van der Waals surface area contributed by atoms with E-state index in [9.17, 15) is 4.79 Å². The first-order chi connectivity index (χ1) is 9.87. The van der Waals surface area contributed by atoms with Crippen LogP contribution in [0, 0.1) is 0 Å². The lowest BCUT2D eigenvalue weighted by molar-refractivity contribution is 0.0600. The van der Waals surface area contributed by atoms with Crippen molar-refractivity contribution in [1.29, 1.82) is 0 Å². The number of esters is 1. The fourth-order valence-corrected chi connectivity index (χ4v) is 1.94. The van der Waals surface area contributed by atoms with Gasteiger partial charge >= 0.3 is 5.97 Å². The van der Waals surface area contributed by atoms with Crippen molar-refractivity contribution in [3.05, 3.63) is 23.8 Å². The molecule has 2 rings (SSSR count). The Balaban J connectivity index is 2.39. The average molecular weight is 291 g/mol. The summed E-state index contributed by atoms with van der Waals surface area (Å²) in [6.07, 6.45) is 0.932. The monoisotopic (exact) mass is 291 g/mol. The van der Waals surface area contributed by atoms with Gasteiger partial charge < -0.3 is 14.2 Å². The summed E-state index contributed by atoms with van der Waals surface area (Å²) < 4.78 is 16.5. The normalized spacial score (nSPS) is 17.1. The fourth-order valence-electron chi connectivity index (χ4n) is 1.94. The smallest absolute Gasteiger partial charge is 0.337 e. The second-order valence-corrected chi connectivity index (χ2v) is 5.54. The quantitative estimate of drug-likeness (QED) is 0.800. The number of benzene rings is 1. The maximum absolute atomic E-state index is 11.6. The van der Waals surface area contributed by atoms with Crippen LogP contribution in [0.5, 0.6) is 5.75 Å². The minimum absolute atomic E-state index is 0.0527. The lowest BCUT2D eigenvalue weighted by atomic mass is 10.1. The maximum Gasteiger partial charge on any atom is 0.337 e. The van der Waals surface area contributed by atoms with Crippen molar-refractivity contribution in [3.8, 4) is 5.75 Å². The van der Waals surface area contributed by atoms with Gasteiger partial charge in [-0.3, -0.25) is 0 Å². The van der Waals surface area contributed by atoms with E-state index >= 15 is 0 Å². The standard InChI is InChI=1S/C16H21NO4/c1-6-10(2)20-15-16(3,4)21-13-8-7-11(14(18)19-5)9-12(13)17-15/h7-10H,6H2,1-5H3. The molecule has 1 atom stereocenters. The Kier molecular flexibility index (Phi) is 4.21. The molecule has 0 spiro atoms. The van der Waals surface area contributed by atoms with Gasteiger partial charge in [0.25, 0.3) is 0 Å². The first-order valence-corrected chi connectivity index (χ1v) is 7.04. The highest BCUT2D eigenvalue weighted by atomic mass is 16.6. The van der Waals surface area contributed by atoms with Crippen LogP contribution in [-0.2, 0) is 9.47 Å². The molecular weight excluding hydrogens is 270 g/mol. The molecule has 0 bridgehead atoms. The van der Waals surface area contributed by atoms with Crippen LogP contribution >= 0.6 is 0 Å². The van der Waals surface area contributed by atoms with Gasteiger partial charge in [0.2, 0.25) is 5.90 Å². The number of fused-ring (bicyclic) bond motifs is 1. The van der Waals surface area contributed by atoms with Crippen LogP contribution in [-0.4, -0.2) is 30.7 Å². The van der Waals surface area contributed by atoms with Crippen molar-refractivity contribution < 1.29 is 19.0 Å². The average Bonchev–Trinajstić information content (AvgIpc) is 2.46. The van der Waals surface area contributed by atoms with Gasteiger partial charge in [-0.25, -0.2) is 9.79 Å². The van der Waals surface area contributed by atoms with Crippen LogP contribution in [0.15, 0.2) is 23.2 Å². The summed E-state index contributed by atoms with van der Waals surface area (Å²) in [5, 5.41) is 0. The van der Waals surface area contributed by atoms with Crippen molar-refractivity contribution in [2.24, 2.45) is 4.99 Å². The van der Waals surface area contributed by atoms with Crippen LogP contribution in [0.2, 0.25) is 0 Å². The number of carbonyl (C=O) groups is 1. The summed E-state index contributed by atoms with van der Waals surface area (Å²) >= 11 is 0. The van der Waals surface area contributed by atoms with Crippen molar-refractivity contribution in [2.75, 3.05) is 7.11 Å². The molecule has 0 amide bonds. The van der Waals surface area contributed by atoms with Gasteiger partial charge in [-0.15, -0.1) is 0 Å². The first kappa shape index (κ1) is 15.4. The van der Waals surface area contributed by atoms with Crippen LogP contribution in [0.4, 0.5) is 5.69 Å². The predicted molar refractivity (Wildman–Crippen MR) is 80.4 cm³/mol. The summed E-state index contributed by atoms with van der Waals surface area (Å²) in [5.74, 6) is 0.748. The van der Waals surface area contributed by atoms with Crippen LogP contribution in [0.3, 0.4) is 0 Å². The first-order valence-electron chi connectivity index (χ1n) is 7.04. The van der Waals surface area contributed by atoms with Crippen LogP contribution < -0.4 is 4.74 Å². The minimum atomic E-state index is -0.636. The van der Waals surface area contributed by atoms with Gasteiger partial charge in [-0.2, -0.15) is 0 Å². The molecule has 0 aliphatic carbocycles. The van der Waals surface area contributed by atoms with Crippen molar-refractivity contribution >= 4 is 17.6 Å². The number of methoxy groups -OCH3 is 1. The highest BCUT2D eigenvalue weighted by Crippen LogP contribution is 2.37. The zero-order valence-corrected chi connectivity index (χ0v) is 13.1.